The maximum absolute atomic E-state index is 11.9. The number of ether oxygens (including phenoxy) is 4. The molecule has 2 rings (SSSR count). The molecule has 2 fully saturated rings. The fourth-order valence-electron chi connectivity index (χ4n) is 3.77. The molecule has 2 aliphatic rings. The predicted molar refractivity (Wildman–Crippen MR) is 128 cm³/mol. The van der Waals surface area contributed by atoms with Crippen LogP contribution in [0.25, 0.3) is 0 Å². The van der Waals surface area contributed by atoms with Crippen LogP contribution in [0.15, 0.2) is 0 Å². The fraction of sp³-hybridized carbons (Fsp3) is 0.833. The van der Waals surface area contributed by atoms with Crippen LogP contribution in [0.4, 0.5) is 9.59 Å². The van der Waals surface area contributed by atoms with Crippen LogP contribution in [0.1, 0.15) is 54.4 Å². The Bertz CT molecular complexity index is 710. The van der Waals surface area contributed by atoms with E-state index in [0.717, 1.165) is 0 Å². The highest BCUT2D eigenvalue weighted by Gasteiger charge is 2.36. The number of aliphatic hydroxyl groups is 2. The van der Waals surface area contributed by atoms with Gasteiger partial charge in [-0.05, 0) is 54.4 Å². The summed E-state index contributed by atoms with van der Waals surface area (Å²) in [5.74, 6) is -1.82. The van der Waals surface area contributed by atoms with Gasteiger partial charge in [-0.15, -0.1) is 0 Å². The number of methoxy groups -OCH3 is 2. The predicted octanol–water partition coefficient (Wildman–Crippen LogP) is 1.55. The van der Waals surface area contributed by atoms with Gasteiger partial charge in [0.1, 0.15) is 11.2 Å². The number of hydrogen-bond donors (Lipinski definition) is 2. The van der Waals surface area contributed by atoms with Crippen molar-refractivity contribution in [2.24, 2.45) is 11.8 Å². The highest BCUT2D eigenvalue weighted by molar-refractivity contribution is 5.75. The third-order valence-corrected chi connectivity index (χ3v) is 5.23. The molecule has 0 radical (unpaired) electrons. The van der Waals surface area contributed by atoms with E-state index in [9.17, 15) is 29.4 Å². The molecule has 12 nitrogen and oxygen atoms in total. The third kappa shape index (κ3) is 11.0. The van der Waals surface area contributed by atoms with Gasteiger partial charge in [0.15, 0.2) is 0 Å². The highest BCUT2D eigenvalue weighted by atomic mass is 16.6. The molecule has 208 valence electrons. The second-order valence-corrected chi connectivity index (χ2v) is 11.0. The fourth-order valence-corrected chi connectivity index (χ4v) is 3.77. The van der Waals surface area contributed by atoms with Crippen LogP contribution in [0.3, 0.4) is 0 Å². The van der Waals surface area contributed by atoms with E-state index in [4.69, 9.17) is 9.47 Å². The van der Waals surface area contributed by atoms with E-state index in [-0.39, 0.29) is 26.2 Å². The molecule has 0 saturated carbocycles. The monoisotopic (exact) mass is 518 g/mol. The summed E-state index contributed by atoms with van der Waals surface area (Å²) in [6.07, 6.45) is -1.87. The molecule has 2 amide bonds. The molecule has 0 aromatic rings. The number of amides is 2. The number of piperidine rings is 2. The number of likely N-dealkylation sites (tertiary alicyclic amines) is 2. The first-order chi connectivity index (χ1) is 16.5. The van der Waals surface area contributed by atoms with Gasteiger partial charge in [-0.1, -0.05) is 0 Å². The Kier molecular flexibility index (Phi) is 11.4. The summed E-state index contributed by atoms with van der Waals surface area (Å²) in [7, 11) is 2.59. The lowest BCUT2D eigenvalue weighted by Crippen LogP contribution is -2.49. The SMILES string of the molecule is COC(=O)[C@@H]1C[C@H](O)CN(C(=O)OC(C)(C)C)C1.COC(=O)[C@H]1C[C@@H](O)CN(C(=O)OC(C)(C)C)C1. The average Bonchev–Trinajstić information content (AvgIpc) is 2.75. The van der Waals surface area contributed by atoms with Crippen molar-refractivity contribution in [2.45, 2.75) is 77.8 Å². The first-order valence-electron chi connectivity index (χ1n) is 11.9. The van der Waals surface area contributed by atoms with E-state index in [2.05, 4.69) is 9.47 Å². The molecule has 12 heteroatoms. The second-order valence-electron chi connectivity index (χ2n) is 11.0. The van der Waals surface area contributed by atoms with E-state index in [1.165, 1.54) is 24.0 Å². The molecule has 4 atom stereocenters. The van der Waals surface area contributed by atoms with Gasteiger partial charge >= 0.3 is 24.1 Å². The summed E-state index contributed by atoms with van der Waals surface area (Å²) in [4.78, 5) is 49.3. The van der Waals surface area contributed by atoms with Crippen LogP contribution in [0.5, 0.6) is 0 Å². The van der Waals surface area contributed by atoms with Crippen molar-refractivity contribution in [3.63, 3.8) is 0 Å². The van der Waals surface area contributed by atoms with Crippen molar-refractivity contribution in [1.29, 1.82) is 0 Å². The van der Waals surface area contributed by atoms with Crippen LogP contribution in [0.2, 0.25) is 0 Å². The molecule has 0 aliphatic carbocycles. The largest absolute Gasteiger partial charge is 0.469 e. The standard InChI is InChI=1S/2C12H21NO5/c2*1-12(2,3)18-11(16)13-6-8(10(15)17-4)5-9(14)7-13/h2*8-9,14H,5-7H2,1-4H3/t2*8-,9+/m10/s1. The Morgan fingerprint density at radius 3 is 1.19 bits per heavy atom. The third-order valence-electron chi connectivity index (χ3n) is 5.23. The average molecular weight is 519 g/mol. The zero-order valence-corrected chi connectivity index (χ0v) is 22.6. The van der Waals surface area contributed by atoms with Gasteiger partial charge in [0.2, 0.25) is 0 Å². The number of β-amino-alcohol motifs (C(OH)–C–C–N with tert-alkyl or cyclic N) is 2. The van der Waals surface area contributed by atoms with E-state index >= 15 is 0 Å². The molecule has 0 bridgehead atoms. The maximum Gasteiger partial charge on any atom is 0.410 e. The minimum absolute atomic E-state index is 0.183. The Labute approximate surface area is 212 Å². The van der Waals surface area contributed by atoms with E-state index in [1.54, 1.807) is 41.5 Å². The van der Waals surface area contributed by atoms with Crippen molar-refractivity contribution in [1.82, 2.24) is 9.80 Å². The number of esters is 2. The minimum atomic E-state index is -0.727. The van der Waals surface area contributed by atoms with Crippen LogP contribution in [0, 0.1) is 11.8 Å². The quantitative estimate of drug-likeness (QED) is 0.407. The lowest BCUT2D eigenvalue weighted by atomic mass is 9.96. The molecular formula is C24H42N2O10. The summed E-state index contributed by atoms with van der Waals surface area (Å²) in [6, 6.07) is 0. The number of nitrogens with zero attached hydrogens (tertiary/aromatic N) is 2. The van der Waals surface area contributed by atoms with Crippen molar-refractivity contribution < 1.29 is 48.3 Å². The van der Waals surface area contributed by atoms with E-state index < -0.39 is 59.4 Å². The summed E-state index contributed by atoms with van der Waals surface area (Å²) in [5, 5.41) is 19.4. The molecule has 0 spiro atoms. The first-order valence-corrected chi connectivity index (χ1v) is 11.9. The number of hydrogen-bond acceptors (Lipinski definition) is 10. The lowest BCUT2D eigenvalue weighted by Gasteiger charge is -2.35. The van der Waals surface area contributed by atoms with Crippen molar-refractivity contribution in [3.8, 4) is 0 Å². The molecular weight excluding hydrogens is 476 g/mol. The number of carbonyl (C=O) groups excluding carboxylic acids is 4. The Morgan fingerprint density at radius 1 is 0.639 bits per heavy atom. The smallest absolute Gasteiger partial charge is 0.410 e. The molecule has 0 unspecified atom stereocenters. The molecule has 0 aromatic heterocycles. The van der Waals surface area contributed by atoms with E-state index in [1.807, 2.05) is 0 Å². The first kappa shape index (κ1) is 31.4. The van der Waals surface area contributed by atoms with Crippen molar-refractivity contribution in [3.05, 3.63) is 0 Å². The molecule has 36 heavy (non-hydrogen) atoms. The van der Waals surface area contributed by atoms with E-state index in [0.29, 0.717) is 12.8 Å². The number of rotatable bonds is 2. The number of aliphatic hydroxyl groups excluding tert-OH is 2. The zero-order valence-electron chi connectivity index (χ0n) is 22.6. The molecule has 2 aliphatic heterocycles. The summed E-state index contributed by atoms with van der Waals surface area (Å²) >= 11 is 0. The Hall–Kier alpha value is -2.60. The second kappa shape index (κ2) is 13.1. The minimum Gasteiger partial charge on any atom is -0.469 e. The van der Waals surface area contributed by atoms with Crippen LogP contribution in [-0.2, 0) is 28.5 Å². The maximum atomic E-state index is 11.9. The Balaban J connectivity index is 0.000000360. The summed E-state index contributed by atoms with van der Waals surface area (Å²) in [6.45, 7) is 11.4. The van der Waals surface area contributed by atoms with Gasteiger partial charge in [-0.25, -0.2) is 9.59 Å². The van der Waals surface area contributed by atoms with Gasteiger partial charge in [0, 0.05) is 26.2 Å². The number of carbonyl (C=O) groups is 4. The normalized spacial score (nSPS) is 24.6. The van der Waals surface area contributed by atoms with Crippen LogP contribution >= 0.6 is 0 Å². The van der Waals surface area contributed by atoms with Crippen LogP contribution in [-0.4, -0.2) is 108 Å². The molecule has 2 heterocycles. The summed E-state index contributed by atoms with van der Waals surface area (Å²) < 4.78 is 19.7. The molecule has 2 saturated heterocycles. The van der Waals surface area contributed by atoms with Gasteiger partial charge in [0.05, 0.1) is 38.3 Å². The van der Waals surface area contributed by atoms with Crippen LogP contribution < -0.4 is 0 Å². The van der Waals surface area contributed by atoms with Gasteiger partial charge in [-0.2, -0.15) is 0 Å². The van der Waals surface area contributed by atoms with Crippen molar-refractivity contribution >= 4 is 24.1 Å². The lowest BCUT2D eigenvalue weighted by molar-refractivity contribution is -0.149. The van der Waals surface area contributed by atoms with Gasteiger partial charge in [0.25, 0.3) is 0 Å². The van der Waals surface area contributed by atoms with Gasteiger partial charge < -0.3 is 39.0 Å². The molecule has 2 N–H and O–H groups in total. The molecule has 0 aromatic carbocycles. The zero-order chi connectivity index (χ0) is 27.8. The summed E-state index contributed by atoms with van der Waals surface area (Å²) in [5.41, 5.74) is -1.19. The van der Waals surface area contributed by atoms with Gasteiger partial charge in [-0.3, -0.25) is 9.59 Å². The topological polar surface area (TPSA) is 152 Å². The Morgan fingerprint density at radius 2 is 0.944 bits per heavy atom. The highest BCUT2D eigenvalue weighted by Crippen LogP contribution is 2.22. The van der Waals surface area contributed by atoms with Crippen molar-refractivity contribution in [2.75, 3.05) is 40.4 Å².